The molecular weight excluding hydrogens is 122 g/mol. The second kappa shape index (κ2) is 2.41. The Balaban J connectivity index is 2.97. The Labute approximate surface area is 62.1 Å². The number of hydrogen-bond acceptors (Lipinski definition) is 1. The summed E-state index contributed by atoms with van der Waals surface area (Å²) in [6, 6.07) is 4.08. The van der Waals surface area contributed by atoms with Gasteiger partial charge in [0.1, 0.15) is 0 Å². The SMILES string of the molecule is CC(C)(C)c1cccnc1. The van der Waals surface area contributed by atoms with Crippen molar-refractivity contribution < 1.29 is 0 Å². The van der Waals surface area contributed by atoms with Gasteiger partial charge in [0.2, 0.25) is 0 Å². The maximum Gasteiger partial charge on any atom is 0.0305 e. The Bertz CT molecular complexity index is 196. The Morgan fingerprint density at radius 1 is 1.30 bits per heavy atom. The van der Waals surface area contributed by atoms with Crippen LogP contribution in [-0.2, 0) is 5.41 Å². The third-order valence-corrected chi connectivity index (χ3v) is 1.53. The molecule has 0 atom stereocenters. The van der Waals surface area contributed by atoms with Gasteiger partial charge >= 0.3 is 0 Å². The lowest BCUT2D eigenvalue weighted by Crippen LogP contribution is -2.10. The number of aromatic nitrogens is 1. The smallest absolute Gasteiger partial charge is 0.0305 e. The van der Waals surface area contributed by atoms with E-state index in [4.69, 9.17) is 0 Å². The molecule has 0 N–H and O–H groups in total. The highest BCUT2D eigenvalue weighted by molar-refractivity contribution is 5.17. The summed E-state index contributed by atoms with van der Waals surface area (Å²) in [6.07, 6.45) is 3.72. The van der Waals surface area contributed by atoms with Crippen LogP contribution in [0.25, 0.3) is 0 Å². The number of hydrogen-bond donors (Lipinski definition) is 0. The minimum absolute atomic E-state index is 0.230. The van der Waals surface area contributed by atoms with Gasteiger partial charge in [-0.2, -0.15) is 0 Å². The Kier molecular flexibility index (Phi) is 1.75. The number of rotatable bonds is 0. The topological polar surface area (TPSA) is 12.9 Å². The van der Waals surface area contributed by atoms with E-state index in [1.807, 2.05) is 12.3 Å². The summed E-state index contributed by atoms with van der Waals surface area (Å²) in [5.74, 6) is 0. The molecule has 1 aromatic heterocycles. The van der Waals surface area contributed by atoms with Crippen LogP contribution in [0.4, 0.5) is 0 Å². The van der Waals surface area contributed by atoms with E-state index in [1.165, 1.54) is 5.56 Å². The predicted octanol–water partition coefficient (Wildman–Crippen LogP) is 2.38. The molecule has 10 heavy (non-hydrogen) atoms. The summed E-state index contributed by atoms with van der Waals surface area (Å²) in [5, 5.41) is 0. The molecule has 1 rings (SSSR count). The van der Waals surface area contributed by atoms with E-state index >= 15 is 0 Å². The fraction of sp³-hybridized carbons (Fsp3) is 0.444. The molecule has 0 saturated carbocycles. The molecule has 1 nitrogen and oxygen atoms in total. The average molecular weight is 135 g/mol. The van der Waals surface area contributed by atoms with Crippen molar-refractivity contribution in [3.8, 4) is 0 Å². The number of pyridine rings is 1. The molecule has 0 aliphatic heterocycles. The molecule has 0 amide bonds. The van der Waals surface area contributed by atoms with Crippen LogP contribution in [0.1, 0.15) is 26.3 Å². The highest BCUT2D eigenvalue weighted by Gasteiger charge is 2.11. The molecule has 0 unspecified atom stereocenters. The van der Waals surface area contributed by atoms with Crippen molar-refractivity contribution in [3.05, 3.63) is 30.1 Å². The van der Waals surface area contributed by atoms with Gasteiger partial charge in [-0.3, -0.25) is 4.98 Å². The van der Waals surface area contributed by atoms with Gasteiger partial charge in [-0.1, -0.05) is 26.8 Å². The highest BCUT2D eigenvalue weighted by Crippen LogP contribution is 2.19. The lowest BCUT2D eigenvalue weighted by Gasteiger charge is -2.17. The van der Waals surface area contributed by atoms with Crippen molar-refractivity contribution in [1.29, 1.82) is 0 Å². The summed E-state index contributed by atoms with van der Waals surface area (Å²) in [4.78, 5) is 4.05. The van der Waals surface area contributed by atoms with Gasteiger partial charge < -0.3 is 0 Å². The molecule has 0 fully saturated rings. The highest BCUT2D eigenvalue weighted by atomic mass is 14.6. The van der Waals surface area contributed by atoms with Gasteiger partial charge in [0.15, 0.2) is 0 Å². The van der Waals surface area contributed by atoms with Crippen LogP contribution in [0, 0.1) is 0 Å². The van der Waals surface area contributed by atoms with Crippen molar-refractivity contribution in [3.63, 3.8) is 0 Å². The van der Waals surface area contributed by atoms with Crippen molar-refractivity contribution in [2.45, 2.75) is 26.2 Å². The van der Waals surface area contributed by atoms with Crippen molar-refractivity contribution >= 4 is 0 Å². The standard InChI is InChI=1S/C9H13N/c1-9(2,3)8-5-4-6-10-7-8/h4-7H,1-3H3. The number of nitrogens with zero attached hydrogens (tertiary/aromatic N) is 1. The first-order chi connectivity index (χ1) is 4.61. The van der Waals surface area contributed by atoms with Crippen LogP contribution in [0.5, 0.6) is 0 Å². The first-order valence-corrected chi connectivity index (χ1v) is 3.51. The van der Waals surface area contributed by atoms with E-state index in [9.17, 15) is 0 Å². The predicted molar refractivity (Wildman–Crippen MR) is 42.9 cm³/mol. The molecule has 0 bridgehead atoms. The molecule has 0 aliphatic carbocycles. The van der Waals surface area contributed by atoms with Crippen molar-refractivity contribution in [2.75, 3.05) is 0 Å². The average Bonchev–Trinajstić information content (AvgIpc) is 1.88. The van der Waals surface area contributed by atoms with Gasteiger partial charge in [-0.05, 0) is 17.0 Å². The van der Waals surface area contributed by atoms with Crippen molar-refractivity contribution in [2.24, 2.45) is 0 Å². The van der Waals surface area contributed by atoms with Crippen LogP contribution in [0.15, 0.2) is 24.5 Å². The molecule has 54 valence electrons. The van der Waals surface area contributed by atoms with E-state index in [2.05, 4.69) is 31.8 Å². The molecule has 1 heterocycles. The van der Waals surface area contributed by atoms with E-state index in [0.29, 0.717) is 0 Å². The van der Waals surface area contributed by atoms with Crippen LogP contribution in [0.2, 0.25) is 0 Å². The zero-order valence-corrected chi connectivity index (χ0v) is 6.76. The third-order valence-electron chi connectivity index (χ3n) is 1.53. The second-order valence-electron chi connectivity index (χ2n) is 3.49. The molecule has 0 aliphatic rings. The van der Waals surface area contributed by atoms with Gasteiger partial charge in [-0.15, -0.1) is 0 Å². The summed E-state index contributed by atoms with van der Waals surface area (Å²) in [7, 11) is 0. The lowest BCUT2D eigenvalue weighted by molar-refractivity contribution is 0.587. The van der Waals surface area contributed by atoms with Gasteiger partial charge in [-0.25, -0.2) is 0 Å². The van der Waals surface area contributed by atoms with Crippen LogP contribution >= 0.6 is 0 Å². The van der Waals surface area contributed by atoms with Gasteiger partial charge in [0.25, 0.3) is 0 Å². The molecule has 0 radical (unpaired) electrons. The van der Waals surface area contributed by atoms with E-state index in [0.717, 1.165) is 0 Å². The van der Waals surface area contributed by atoms with Gasteiger partial charge in [0, 0.05) is 12.4 Å². The van der Waals surface area contributed by atoms with Crippen LogP contribution < -0.4 is 0 Å². The molecule has 0 saturated heterocycles. The summed E-state index contributed by atoms with van der Waals surface area (Å²) in [5.41, 5.74) is 1.52. The first-order valence-electron chi connectivity index (χ1n) is 3.51. The first kappa shape index (κ1) is 7.26. The second-order valence-corrected chi connectivity index (χ2v) is 3.49. The molecule has 0 aromatic carbocycles. The monoisotopic (exact) mass is 135 g/mol. The van der Waals surface area contributed by atoms with Crippen molar-refractivity contribution in [1.82, 2.24) is 4.98 Å². The van der Waals surface area contributed by atoms with E-state index in [-0.39, 0.29) is 5.41 Å². The van der Waals surface area contributed by atoms with Crippen LogP contribution in [0.3, 0.4) is 0 Å². The Morgan fingerprint density at radius 3 is 2.30 bits per heavy atom. The molecular formula is C9H13N. The molecule has 0 spiro atoms. The maximum atomic E-state index is 4.05. The minimum atomic E-state index is 0.230. The Hall–Kier alpha value is -0.850. The van der Waals surface area contributed by atoms with E-state index in [1.54, 1.807) is 6.20 Å². The quantitative estimate of drug-likeness (QED) is 0.532. The molecule has 1 aromatic rings. The lowest BCUT2D eigenvalue weighted by atomic mass is 9.88. The zero-order chi connectivity index (χ0) is 7.61. The fourth-order valence-electron chi connectivity index (χ4n) is 0.806. The summed E-state index contributed by atoms with van der Waals surface area (Å²) in [6.45, 7) is 6.55. The normalized spacial score (nSPS) is 11.5. The summed E-state index contributed by atoms with van der Waals surface area (Å²) < 4.78 is 0. The largest absolute Gasteiger partial charge is 0.264 e. The summed E-state index contributed by atoms with van der Waals surface area (Å²) >= 11 is 0. The zero-order valence-electron chi connectivity index (χ0n) is 6.76. The Morgan fingerprint density at radius 2 is 2.00 bits per heavy atom. The van der Waals surface area contributed by atoms with Crippen LogP contribution in [-0.4, -0.2) is 4.98 Å². The minimum Gasteiger partial charge on any atom is -0.264 e. The maximum absolute atomic E-state index is 4.05. The van der Waals surface area contributed by atoms with E-state index < -0.39 is 0 Å². The third kappa shape index (κ3) is 1.56. The van der Waals surface area contributed by atoms with Gasteiger partial charge in [0.05, 0.1) is 0 Å². The molecule has 1 heteroatoms. The fourth-order valence-corrected chi connectivity index (χ4v) is 0.806.